The molecule has 2 N–H and O–H groups in total. The minimum Gasteiger partial charge on any atom is -0.508 e. The zero-order valence-electron chi connectivity index (χ0n) is 25.6. The van der Waals surface area contributed by atoms with Crippen molar-refractivity contribution >= 4 is 39.1 Å². The van der Waals surface area contributed by atoms with Crippen molar-refractivity contribution in [3.8, 4) is 23.0 Å². The molecular formula is C35H37ClF2N6O2. The zero-order valence-corrected chi connectivity index (χ0v) is 26.4. The number of aromatic nitrogens is 3. The number of rotatable bonds is 7. The fourth-order valence-corrected chi connectivity index (χ4v) is 8.94. The lowest BCUT2D eigenvalue weighted by atomic mass is 9.99. The average molecular weight is 647 g/mol. The van der Waals surface area contributed by atoms with Gasteiger partial charge in [-0.25, -0.2) is 8.78 Å². The van der Waals surface area contributed by atoms with E-state index in [1.807, 2.05) is 0 Å². The number of phenolic OH excluding ortho intramolecular Hbond substituents is 1. The molecule has 4 saturated heterocycles. The number of fused-ring (bicyclic) bond motifs is 6. The Morgan fingerprint density at radius 3 is 2.50 bits per heavy atom. The van der Waals surface area contributed by atoms with Crippen molar-refractivity contribution < 1.29 is 18.6 Å². The predicted octanol–water partition coefficient (Wildman–Crippen LogP) is 6.60. The minimum absolute atomic E-state index is 0.0730. The number of ether oxygens (including phenoxy) is 1. The first-order chi connectivity index (χ1) is 22.3. The molecule has 5 aliphatic rings. The van der Waals surface area contributed by atoms with E-state index in [-0.39, 0.29) is 44.4 Å². The third kappa shape index (κ3) is 4.86. The van der Waals surface area contributed by atoms with Gasteiger partial charge < -0.3 is 20.1 Å². The van der Waals surface area contributed by atoms with Crippen molar-refractivity contribution in [3.05, 3.63) is 47.1 Å². The van der Waals surface area contributed by atoms with Gasteiger partial charge in [0.15, 0.2) is 5.82 Å². The number of pyridine rings is 1. The third-order valence-corrected chi connectivity index (χ3v) is 11.6. The number of aromatic hydroxyl groups is 1. The molecule has 2 unspecified atom stereocenters. The van der Waals surface area contributed by atoms with E-state index in [9.17, 15) is 9.50 Å². The minimum atomic E-state index is -0.692. The predicted molar refractivity (Wildman–Crippen MR) is 174 cm³/mol. The Labute approximate surface area is 271 Å². The summed E-state index contributed by atoms with van der Waals surface area (Å²) in [5.74, 6) is -0.822. The maximum absolute atomic E-state index is 16.8. The van der Waals surface area contributed by atoms with E-state index >= 15 is 4.39 Å². The number of nitrogens with zero attached hydrogens (tertiary/aromatic N) is 5. The Kier molecular flexibility index (Phi) is 6.81. The smallest absolute Gasteiger partial charge is 0.319 e. The molecule has 4 bridgehead atoms. The number of piperidine rings is 1. The molecule has 4 aromatic rings. The fraction of sp³-hybridized carbons (Fsp3) is 0.514. The van der Waals surface area contributed by atoms with Gasteiger partial charge in [-0.15, -0.1) is 0 Å². The van der Waals surface area contributed by atoms with Gasteiger partial charge in [0.25, 0.3) is 0 Å². The highest BCUT2D eigenvalue weighted by molar-refractivity contribution is 6.37. The van der Waals surface area contributed by atoms with E-state index in [1.54, 1.807) is 6.20 Å². The molecule has 11 heteroatoms. The maximum atomic E-state index is 16.8. The number of piperazine rings is 1. The molecule has 2 aromatic carbocycles. The molecule has 1 saturated carbocycles. The first-order valence-electron chi connectivity index (χ1n) is 16.7. The lowest BCUT2D eigenvalue weighted by Gasteiger charge is -2.37. The van der Waals surface area contributed by atoms with Gasteiger partial charge in [-0.2, -0.15) is 9.97 Å². The molecule has 6 heterocycles. The Balaban J connectivity index is 1.11. The van der Waals surface area contributed by atoms with Crippen molar-refractivity contribution in [2.45, 2.75) is 82.0 Å². The lowest BCUT2D eigenvalue weighted by Crippen LogP contribution is -2.51. The fourth-order valence-electron chi connectivity index (χ4n) is 8.66. The van der Waals surface area contributed by atoms with Crippen LogP contribution in [0.1, 0.15) is 57.8 Å². The molecule has 5 fully saturated rings. The quantitative estimate of drug-likeness (QED) is 0.232. The number of benzene rings is 2. The second-order valence-electron chi connectivity index (χ2n) is 14.3. The highest BCUT2D eigenvalue weighted by Crippen LogP contribution is 2.50. The Bertz CT molecular complexity index is 1840. The Hall–Kier alpha value is -3.34. The van der Waals surface area contributed by atoms with Crippen molar-refractivity contribution in [1.82, 2.24) is 25.2 Å². The van der Waals surface area contributed by atoms with Crippen LogP contribution in [0.25, 0.3) is 32.9 Å². The number of nitrogens with one attached hydrogen (secondary N) is 1. The standard InChI is InChI=1S/C35H37ClF2N6O2/c36-29-27(37)9-4-19-12-24(45)13-25(28(19)29)31-30(38)32-26(14-39-31)33(43-15-20-5-6-21(16-43)40-20)42-34(41-32)46-18-35(10-11-35)17-44-22-2-1-3-23(44)8-7-22/h4,9,12-14,20-23,40,45H,1-3,5-8,10-11,15-18H2/t20-,21+,22?,23?. The third-order valence-electron chi connectivity index (χ3n) is 11.2. The Morgan fingerprint density at radius 2 is 1.76 bits per heavy atom. The molecule has 0 amide bonds. The Morgan fingerprint density at radius 1 is 1.00 bits per heavy atom. The molecule has 4 atom stereocenters. The van der Waals surface area contributed by atoms with Gasteiger partial charge in [-0.3, -0.25) is 9.88 Å². The summed E-state index contributed by atoms with van der Waals surface area (Å²) in [5, 5.41) is 15.2. The van der Waals surface area contributed by atoms with Crippen LogP contribution in [0.2, 0.25) is 5.02 Å². The maximum Gasteiger partial charge on any atom is 0.319 e. The number of halogens is 3. The highest BCUT2D eigenvalue weighted by atomic mass is 35.5. The summed E-state index contributed by atoms with van der Waals surface area (Å²) in [6.07, 6.45) is 12.5. The molecule has 9 rings (SSSR count). The van der Waals surface area contributed by atoms with Gasteiger partial charge >= 0.3 is 6.01 Å². The summed E-state index contributed by atoms with van der Waals surface area (Å²) in [6, 6.07) is 7.79. The molecule has 1 aliphatic carbocycles. The number of phenols is 1. The number of hydrogen-bond donors (Lipinski definition) is 2. The van der Waals surface area contributed by atoms with Crippen LogP contribution in [-0.2, 0) is 0 Å². The highest BCUT2D eigenvalue weighted by Gasteiger charge is 2.49. The molecule has 8 nitrogen and oxygen atoms in total. The second-order valence-corrected chi connectivity index (χ2v) is 14.7. The van der Waals surface area contributed by atoms with Gasteiger partial charge in [-0.05, 0) is 75.0 Å². The van der Waals surface area contributed by atoms with Gasteiger partial charge in [0.1, 0.15) is 28.6 Å². The van der Waals surface area contributed by atoms with Crippen molar-refractivity contribution in [1.29, 1.82) is 0 Å². The zero-order chi connectivity index (χ0) is 31.2. The topological polar surface area (TPSA) is 86.6 Å². The first kappa shape index (κ1) is 28.8. The van der Waals surface area contributed by atoms with E-state index in [0.717, 1.165) is 45.3 Å². The van der Waals surface area contributed by atoms with E-state index in [1.165, 1.54) is 56.4 Å². The summed E-state index contributed by atoms with van der Waals surface area (Å²) in [5.41, 5.74) is 0.276. The number of anilines is 1. The van der Waals surface area contributed by atoms with Crippen LogP contribution in [-0.4, -0.2) is 75.4 Å². The van der Waals surface area contributed by atoms with Crippen LogP contribution >= 0.6 is 11.6 Å². The summed E-state index contributed by atoms with van der Waals surface area (Å²) >= 11 is 6.40. The molecule has 0 radical (unpaired) electrons. The monoisotopic (exact) mass is 646 g/mol. The van der Waals surface area contributed by atoms with Crippen LogP contribution in [0, 0.1) is 17.0 Å². The van der Waals surface area contributed by atoms with Crippen molar-refractivity contribution in [2.75, 3.05) is 31.1 Å². The molecule has 4 aliphatic heterocycles. The largest absolute Gasteiger partial charge is 0.508 e. The van der Waals surface area contributed by atoms with Gasteiger partial charge in [-0.1, -0.05) is 24.1 Å². The molecular weight excluding hydrogens is 610 g/mol. The summed E-state index contributed by atoms with van der Waals surface area (Å²) in [4.78, 5) is 19.0. The van der Waals surface area contributed by atoms with E-state index in [2.05, 4.69) is 25.1 Å². The lowest BCUT2D eigenvalue weighted by molar-refractivity contribution is 0.0882. The SMILES string of the molecule is Oc1cc(-c2ncc3c(N4C[C@H]5CC[C@@H](C4)N5)nc(OCC4(CN5C6CCCC5CC6)CC4)nc3c2F)c2c(Cl)c(F)ccc2c1. The molecule has 0 spiro atoms. The van der Waals surface area contributed by atoms with Gasteiger partial charge in [0.05, 0.1) is 17.0 Å². The van der Waals surface area contributed by atoms with Crippen molar-refractivity contribution in [3.63, 3.8) is 0 Å². The summed E-state index contributed by atoms with van der Waals surface area (Å²) in [7, 11) is 0. The van der Waals surface area contributed by atoms with Gasteiger partial charge in [0.2, 0.25) is 0 Å². The van der Waals surface area contributed by atoms with E-state index < -0.39 is 11.6 Å². The summed E-state index contributed by atoms with van der Waals surface area (Å²) < 4.78 is 37.8. The van der Waals surface area contributed by atoms with Crippen LogP contribution < -0.4 is 15.0 Å². The van der Waals surface area contributed by atoms with Crippen LogP contribution in [0.15, 0.2) is 30.5 Å². The van der Waals surface area contributed by atoms with E-state index in [0.29, 0.717) is 47.4 Å². The normalized spacial score (nSPS) is 26.7. The van der Waals surface area contributed by atoms with Crippen LogP contribution in [0.4, 0.5) is 14.6 Å². The first-order valence-corrected chi connectivity index (χ1v) is 17.1. The molecule has 240 valence electrons. The van der Waals surface area contributed by atoms with Crippen LogP contribution in [0.5, 0.6) is 11.8 Å². The average Bonchev–Trinajstić information content (AvgIpc) is 3.69. The molecule has 46 heavy (non-hydrogen) atoms. The van der Waals surface area contributed by atoms with Crippen molar-refractivity contribution in [2.24, 2.45) is 5.41 Å². The van der Waals surface area contributed by atoms with Gasteiger partial charge in [0, 0.05) is 66.4 Å². The second kappa shape index (κ2) is 10.9. The number of hydrogen-bond acceptors (Lipinski definition) is 8. The van der Waals surface area contributed by atoms with Crippen LogP contribution in [0.3, 0.4) is 0 Å². The molecule has 2 aromatic heterocycles. The van der Waals surface area contributed by atoms with E-state index in [4.69, 9.17) is 21.3 Å². The summed E-state index contributed by atoms with van der Waals surface area (Å²) in [6.45, 7) is 3.03.